The van der Waals surface area contributed by atoms with Crippen LogP contribution in [-0.4, -0.2) is 16.0 Å². The van der Waals surface area contributed by atoms with Crippen LogP contribution in [-0.2, 0) is 16.6 Å². The fourth-order valence-electron chi connectivity index (χ4n) is 1.43. The SMILES string of the molecule is CC(N)CCCS(=O)Cc1ccccc1Cl. The summed E-state index contributed by atoms with van der Waals surface area (Å²) in [5.41, 5.74) is 6.60. The Labute approximate surface area is 105 Å². The van der Waals surface area contributed by atoms with Crippen molar-refractivity contribution < 1.29 is 4.21 Å². The van der Waals surface area contributed by atoms with Gasteiger partial charge in [-0.2, -0.15) is 0 Å². The molecule has 0 aliphatic carbocycles. The Morgan fingerprint density at radius 3 is 2.75 bits per heavy atom. The predicted molar refractivity (Wildman–Crippen MR) is 71.0 cm³/mol. The maximum atomic E-state index is 11.8. The van der Waals surface area contributed by atoms with E-state index in [0.29, 0.717) is 16.5 Å². The molecule has 2 nitrogen and oxygen atoms in total. The summed E-state index contributed by atoms with van der Waals surface area (Å²) in [5, 5.41) is 0.697. The minimum Gasteiger partial charge on any atom is -0.328 e. The van der Waals surface area contributed by atoms with Gasteiger partial charge in [0.1, 0.15) is 0 Å². The minimum absolute atomic E-state index is 0.192. The van der Waals surface area contributed by atoms with Gasteiger partial charge < -0.3 is 5.73 Å². The van der Waals surface area contributed by atoms with Crippen molar-refractivity contribution >= 4 is 22.4 Å². The fraction of sp³-hybridized carbons (Fsp3) is 0.500. The molecule has 1 aromatic carbocycles. The van der Waals surface area contributed by atoms with Crippen molar-refractivity contribution in [1.82, 2.24) is 0 Å². The van der Waals surface area contributed by atoms with E-state index in [0.717, 1.165) is 18.4 Å². The molecule has 0 aliphatic heterocycles. The van der Waals surface area contributed by atoms with Gasteiger partial charge in [0.25, 0.3) is 0 Å². The van der Waals surface area contributed by atoms with Crippen molar-refractivity contribution in [2.45, 2.75) is 31.6 Å². The van der Waals surface area contributed by atoms with E-state index in [9.17, 15) is 4.21 Å². The molecule has 0 saturated heterocycles. The zero-order chi connectivity index (χ0) is 12.0. The van der Waals surface area contributed by atoms with Crippen LogP contribution in [0.25, 0.3) is 0 Å². The highest BCUT2D eigenvalue weighted by atomic mass is 35.5. The molecule has 2 N–H and O–H groups in total. The second-order valence-corrected chi connectivity index (χ2v) is 5.98. The van der Waals surface area contributed by atoms with Gasteiger partial charge in [0.15, 0.2) is 0 Å². The number of nitrogens with two attached hydrogens (primary N) is 1. The predicted octanol–water partition coefficient (Wildman–Crippen LogP) is 2.72. The Hall–Kier alpha value is -0.380. The van der Waals surface area contributed by atoms with Crippen LogP contribution in [0.15, 0.2) is 24.3 Å². The minimum atomic E-state index is -0.838. The zero-order valence-electron chi connectivity index (χ0n) is 9.49. The van der Waals surface area contributed by atoms with Crippen LogP contribution in [0.1, 0.15) is 25.3 Å². The summed E-state index contributed by atoms with van der Waals surface area (Å²) in [6.45, 7) is 1.97. The number of hydrogen-bond donors (Lipinski definition) is 1. The van der Waals surface area contributed by atoms with Crippen molar-refractivity contribution in [2.75, 3.05) is 5.75 Å². The first-order chi connectivity index (χ1) is 7.59. The molecule has 0 heterocycles. The summed E-state index contributed by atoms with van der Waals surface area (Å²) in [6.07, 6.45) is 1.84. The molecule has 2 unspecified atom stereocenters. The molecule has 1 aromatic rings. The van der Waals surface area contributed by atoms with Gasteiger partial charge in [-0.1, -0.05) is 29.8 Å². The fourth-order valence-corrected chi connectivity index (χ4v) is 2.94. The molecular weight excluding hydrogens is 242 g/mol. The molecule has 2 atom stereocenters. The van der Waals surface area contributed by atoms with Gasteiger partial charge in [-0.25, -0.2) is 0 Å². The van der Waals surface area contributed by atoms with Crippen LogP contribution in [0.3, 0.4) is 0 Å². The first-order valence-electron chi connectivity index (χ1n) is 5.43. The molecule has 0 amide bonds. The van der Waals surface area contributed by atoms with Gasteiger partial charge in [0.2, 0.25) is 0 Å². The highest BCUT2D eigenvalue weighted by Gasteiger charge is 2.05. The monoisotopic (exact) mass is 259 g/mol. The van der Waals surface area contributed by atoms with E-state index in [4.69, 9.17) is 17.3 Å². The van der Waals surface area contributed by atoms with Gasteiger partial charge in [-0.15, -0.1) is 0 Å². The first-order valence-corrected chi connectivity index (χ1v) is 7.30. The molecule has 0 aromatic heterocycles. The highest BCUT2D eigenvalue weighted by molar-refractivity contribution is 7.84. The molecular formula is C12H18ClNOS. The smallest absolute Gasteiger partial charge is 0.0500 e. The average molecular weight is 260 g/mol. The normalized spacial score (nSPS) is 14.7. The van der Waals surface area contributed by atoms with Crippen molar-refractivity contribution in [3.63, 3.8) is 0 Å². The third kappa shape index (κ3) is 5.10. The summed E-state index contributed by atoms with van der Waals surface area (Å²) in [4.78, 5) is 0. The molecule has 16 heavy (non-hydrogen) atoms. The largest absolute Gasteiger partial charge is 0.328 e. The van der Waals surface area contributed by atoms with E-state index in [1.54, 1.807) is 0 Å². The topological polar surface area (TPSA) is 43.1 Å². The maximum absolute atomic E-state index is 11.8. The standard InChI is InChI=1S/C12H18ClNOS/c1-10(14)5-4-8-16(15)9-11-6-2-3-7-12(11)13/h2-3,6-7,10H,4-5,8-9,14H2,1H3. The van der Waals surface area contributed by atoms with E-state index < -0.39 is 10.8 Å². The lowest BCUT2D eigenvalue weighted by atomic mass is 10.2. The van der Waals surface area contributed by atoms with E-state index >= 15 is 0 Å². The van der Waals surface area contributed by atoms with Gasteiger partial charge >= 0.3 is 0 Å². The highest BCUT2D eigenvalue weighted by Crippen LogP contribution is 2.17. The van der Waals surface area contributed by atoms with Gasteiger partial charge in [-0.05, 0) is 31.4 Å². The van der Waals surface area contributed by atoms with Gasteiger partial charge in [0.05, 0.1) is 0 Å². The lowest BCUT2D eigenvalue weighted by molar-refractivity contribution is 0.643. The van der Waals surface area contributed by atoms with Crippen LogP contribution >= 0.6 is 11.6 Å². The van der Waals surface area contributed by atoms with Crippen molar-refractivity contribution in [3.8, 4) is 0 Å². The second-order valence-electron chi connectivity index (χ2n) is 4.00. The quantitative estimate of drug-likeness (QED) is 0.854. The number of benzene rings is 1. The van der Waals surface area contributed by atoms with Crippen LogP contribution in [0.2, 0.25) is 5.02 Å². The van der Waals surface area contributed by atoms with Crippen molar-refractivity contribution in [3.05, 3.63) is 34.9 Å². The molecule has 0 fully saturated rings. The zero-order valence-corrected chi connectivity index (χ0v) is 11.1. The summed E-state index contributed by atoms with van der Waals surface area (Å²) in [6, 6.07) is 7.74. The van der Waals surface area contributed by atoms with E-state index in [-0.39, 0.29) is 6.04 Å². The Bertz CT molecular complexity index is 355. The summed E-state index contributed by atoms with van der Waals surface area (Å²) in [7, 11) is -0.838. The molecule has 0 saturated carbocycles. The summed E-state index contributed by atoms with van der Waals surface area (Å²) >= 11 is 6.00. The average Bonchev–Trinajstić information content (AvgIpc) is 2.21. The van der Waals surface area contributed by atoms with Crippen LogP contribution in [0.5, 0.6) is 0 Å². The van der Waals surface area contributed by atoms with Gasteiger partial charge in [0, 0.05) is 33.4 Å². The third-order valence-corrected chi connectivity index (χ3v) is 4.05. The second kappa shape index (κ2) is 7.05. The molecule has 0 bridgehead atoms. The lowest BCUT2D eigenvalue weighted by Gasteiger charge is -2.06. The Kier molecular flexibility index (Phi) is 6.03. The molecule has 90 valence electrons. The number of halogens is 1. The van der Waals surface area contributed by atoms with E-state index in [2.05, 4.69) is 0 Å². The first kappa shape index (κ1) is 13.7. The van der Waals surface area contributed by atoms with Crippen LogP contribution in [0.4, 0.5) is 0 Å². The molecule has 0 aliphatic rings. The van der Waals surface area contributed by atoms with E-state index in [1.165, 1.54) is 0 Å². The Morgan fingerprint density at radius 1 is 1.44 bits per heavy atom. The molecule has 1 rings (SSSR count). The van der Waals surface area contributed by atoms with Crippen LogP contribution < -0.4 is 5.73 Å². The molecule has 4 heteroatoms. The summed E-state index contributed by atoms with van der Waals surface area (Å²) in [5.74, 6) is 1.24. The third-order valence-electron chi connectivity index (χ3n) is 2.31. The van der Waals surface area contributed by atoms with Crippen LogP contribution in [0, 0.1) is 0 Å². The number of hydrogen-bond acceptors (Lipinski definition) is 2. The summed E-state index contributed by atoms with van der Waals surface area (Å²) < 4.78 is 11.8. The lowest BCUT2D eigenvalue weighted by Crippen LogP contribution is -2.15. The van der Waals surface area contributed by atoms with Crippen molar-refractivity contribution in [1.29, 1.82) is 0 Å². The molecule has 0 radical (unpaired) electrons. The number of rotatable bonds is 6. The Morgan fingerprint density at radius 2 is 2.12 bits per heavy atom. The Balaban J connectivity index is 2.37. The maximum Gasteiger partial charge on any atom is 0.0500 e. The van der Waals surface area contributed by atoms with E-state index in [1.807, 2.05) is 31.2 Å². The molecule has 0 spiro atoms. The van der Waals surface area contributed by atoms with Crippen molar-refractivity contribution in [2.24, 2.45) is 5.73 Å². The van der Waals surface area contributed by atoms with Gasteiger partial charge in [-0.3, -0.25) is 4.21 Å².